The topological polar surface area (TPSA) is 68.8 Å². The third-order valence-corrected chi connectivity index (χ3v) is 3.72. The average Bonchev–Trinajstić information content (AvgIpc) is 2.50. The lowest BCUT2D eigenvalue weighted by Gasteiger charge is -2.21. The lowest BCUT2D eigenvalue weighted by atomic mass is 10.1. The number of nitrogens with one attached hydrogen (secondary N) is 3. The molecule has 0 bridgehead atoms. The van der Waals surface area contributed by atoms with Crippen LogP contribution < -0.4 is 16.0 Å². The van der Waals surface area contributed by atoms with Crippen LogP contribution in [0.3, 0.4) is 0 Å². The van der Waals surface area contributed by atoms with Gasteiger partial charge in [0.25, 0.3) is 0 Å². The molecule has 0 saturated heterocycles. The first kappa shape index (κ1) is 23.6. The molecule has 1 atom stereocenters. The van der Waals surface area contributed by atoms with E-state index in [-0.39, 0.29) is 29.9 Å². The van der Waals surface area contributed by atoms with Gasteiger partial charge in [0.05, 0.1) is 6.54 Å². The second-order valence-electron chi connectivity index (χ2n) is 6.59. The second-order valence-corrected chi connectivity index (χ2v) is 6.59. The number of carbonyl (C=O) groups excluding carboxylic acids is 1. The number of aliphatic imine (C=N–C) groups is 1. The van der Waals surface area contributed by atoms with Gasteiger partial charge in [0.2, 0.25) is 5.91 Å². The van der Waals surface area contributed by atoms with Gasteiger partial charge in [-0.05, 0) is 44.6 Å². The maximum Gasteiger partial charge on any atom is 0.238 e. The molecule has 142 valence electrons. The third kappa shape index (κ3) is 9.64. The predicted molar refractivity (Wildman–Crippen MR) is 117 cm³/mol. The highest BCUT2D eigenvalue weighted by Crippen LogP contribution is 2.10. The summed E-state index contributed by atoms with van der Waals surface area (Å²) in [6.45, 7) is 7.49. The molecule has 1 rings (SSSR count). The number of likely N-dealkylation sites (N-methyl/N-ethyl adjacent to an activating group) is 1. The molecular formula is C18H32IN5O. The summed E-state index contributed by atoms with van der Waals surface area (Å²) in [6.07, 6.45) is 0. The summed E-state index contributed by atoms with van der Waals surface area (Å²) in [6, 6.07) is 8.17. The summed E-state index contributed by atoms with van der Waals surface area (Å²) >= 11 is 0. The van der Waals surface area contributed by atoms with Crippen LogP contribution in [-0.4, -0.2) is 50.5 Å². The standard InChI is InChI=1S/C18H31N5O.HI/c1-13(2)14(3)21-18(19-4)20-11-15-8-7-9-16(10-15)22-17(24)12-23(5)6;/h7-10,13-14H,11-12H2,1-6H3,(H,22,24)(H2,19,20,21);1H. The fourth-order valence-electron chi connectivity index (χ4n) is 2.01. The van der Waals surface area contributed by atoms with Gasteiger partial charge in [-0.1, -0.05) is 26.0 Å². The van der Waals surface area contributed by atoms with Crippen molar-refractivity contribution in [2.75, 3.05) is 33.0 Å². The van der Waals surface area contributed by atoms with Gasteiger partial charge in [0, 0.05) is 25.3 Å². The van der Waals surface area contributed by atoms with E-state index in [1.54, 1.807) is 7.05 Å². The number of nitrogens with zero attached hydrogens (tertiary/aromatic N) is 2. The third-order valence-electron chi connectivity index (χ3n) is 3.72. The first-order chi connectivity index (χ1) is 11.3. The molecule has 6 nitrogen and oxygen atoms in total. The molecule has 0 aliphatic carbocycles. The summed E-state index contributed by atoms with van der Waals surface area (Å²) in [7, 11) is 5.51. The Kier molecular flexibility index (Phi) is 11.4. The van der Waals surface area contributed by atoms with Crippen molar-refractivity contribution in [1.29, 1.82) is 0 Å². The van der Waals surface area contributed by atoms with E-state index >= 15 is 0 Å². The summed E-state index contributed by atoms with van der Waals surface area (Å²) in [4.78, 5) is 17.9. The molecule has 0 fully saturated rings. The van der Waals surface area contributed by atoms with Gasteiger partial charge < -0.3 is 20.9 Å². The predicted octanol–water partition coefficient (Wildman–Crippen LogP) is 2.51. The zero-order chi connectivity index (χ0) is 18.1. The van der Waals surface area contributed by atoms with Gasteiger partial charge in [-0.25, -0.2) is 0 Å². The average molecular weight is 461 g/mol. The molecule has 1 aromatic rings. The largest absolute Gasteiger partial charge is 0.354 e. The zero-order valence-corrected chi connectivity index (χ0v) is 18.4. The van der Waals surface area contributed by atoms with Gasteiger partial charge in [-0.2, -0.15) is 0 Å². The number of halogens is 1. The number of benzene rings is 1. The molecule has 1 unspecified atom stereocenters. The van der Waals surface area contributed by atoms with Crippen LogP contribution in [0.5, 0.6) is 0 Å². The van der Waals surface area contributed by atoms with Crippen LogP contribution >= 0.6 is 24.0 Å². The van der Waals surface area contributed by atoms with E-state index in [0.717, 1.165) is 17.2 Å². The van der Waals surface area contributed by atoms with Crippen molar-refractivity contribution in [2.24, 2.45) is 10.9 Å². The van der Waals surface area contributed by atoms with Crippen molar-refractivity contribution in [2.45, 2.75) is 33.4 Å². The van der Waals surface area contributed by atoms with E-state index in [9.17, 15) is 4.79 Å². The second kappa shape index (κ2) is 12.1. The molecule has 0 spiro atoms. The van der Waals surface area contributed by atoms with Gasteiger partial charge >= 0.3 is 0 Å². The molecule has 0 aliphatic heterocycles. The van der Waals surface area contributed by atoms with Crippen LogP contribution in [-0.2, 0) is 11.3 Å². The van der Waals surface area contributed by atoms with Crippen LogP contribution in [0.1, 0.15) is 26.3 Å². The highest BCUT2D eigenvalue weighted by Gasteiger charge is 2.09. The van der Waals surface area contributed by atoms with Crippen LogP contribution in [0, 0.1) is 5.92 Å². The number of anilines is 1. The van der Waals surface area contributed by atoms with E-state index in [2.05, 4.69) is 41.7 Å². The quantitative estimate of drug-likeness (QED) is 0.332. The maximum absolute atomic E-state index is 11.8. The lowest BCUT2D eigenvalue weighted by molar-refractivity contribution is -0.116. The number of guanidine groups is 1. The summed E-state index contributed by atoms with van der Waals surface area (Å²) in [5.41, 5.74) is 1.89. The molecule has 1 aromatic carbocycles. The zero-order valence-electron chi connectivity index (χ0n) is 16.1. The summed E-state index contributed by atoms with van der Waals surface area (Å²) < 4.78 is 0. The van der Waals surface area contributed by atoms with Crippen LogP contribution in [0.15, 0.2) is 29.3 Å². The van der Waals surface area contributed by atoms with Crippen LogP contribution in [0.4, 0.5) is 5.69 Å². The first-order valence-electron chi connectivity index (χ1n) is 8.32. The Balaban J connectivity index is 0.00000576. The molecule has 7 heteroatoms. The van der Waals surface area contributed by atoms with E-state index in [1.165, 1.54) is 0 Å². The van der Waals surface area contributed by atoms with Crippen molar-refractivity contribution >= 4 is 41.5 Å². The number of rotatable bonds is 7. The summed E-state index contributed by atoms with van der Waals surface area (Å²) in [5.74, 6) is 1.28. The first-order valence-corrected chi connectivity index (χ1v) is 8.32. The van der Waals surface area contributed by atoms with Crippen LogP contribution in [0.2, 0.25) is 0 Å². The maximum atomic E-state index is 11.8. The van der Waals surface area contributed by atoms with E-state index < -0.39 is 0 Å². The Hall–Kier alpha value is -1.35. The van der Waals surface area contributed by atoms with Crippen molar-refractivity contribution in [3.05, 3.63) is 29.8 Å². The Morgan fingerprint density at radius 2 is 1.92 bits per heavy atom. The Morgan fingerprint density at radius 3 is 2.48 bits per heavy atom. The Morgan fingerprint density at radius 1 is 1.24 bits per heavy atom. The molecule has 0 saturated carbocycles. The van der Waals surface area contributed by atoms with Crippen LogP contribution in [0.25, 0.3) is 0 Å². The van der Waals surface area contributed by atoms with E-state index in [0.29, 0.717) is 25.0 Å². The SMILES string of the molecule is CN=C(NCc1cccc(NC(=O)CN(C)C)c1)NC(C)C(C)C.I. The highest BCUT2D eigenvalue weighted by molar-refractivity contribution is 14.0. The van der Waals surface area contributed by atoms with Crippen molar-refractivity contribution in [3.63, 3.8) is 0 Å². The number of hydrogen-bond acceptors (Lipinski definition) is 3. The van der Waals surface area contributed by atoms with Crippen molar-refractivity contribution < 1.29 is 4.79 Å². The highest BCUT2D eigenvalue weighted by atomic mass is 127. The number of amides is 1. The molecule has 3 N–H and O–H groups in total. The van der Waals surface area contributed by atoms with E-state index in [1.807, 2.05) is 43.3 Å². The Bertz CT molecular complexity index is 560. The molecule has 0 radical (unpaired) electrons. The normalized spacial score (nSPS) is 12.6. The van der Waals surface area contributed by atoms with Gasteiger partial charge in [0.1, 0.15) is 0 Å². The lowest BCUT2D eigenvalue weighted by Crippen LogP contribution is -2.43. The molecule has 0 aliphatic rings. The Labute approximate surface area is 168 Å². The molecule has 0 heterocycles. The monoisotopic (exact) mass is 461 g/mol. The molecule has 25 heavy (non-hydrogen) atoms. The fraction of sp³-hybridized carbons (Fsp3) is 0.556. The van der Waals surface area contributed by atoms with E-state index in [4.69, 9.17) is 0 Å². The number of hydrogen-bond donors (Lipinski definition) is 3. The molecular weight excluding hydrogens is 429 g/mol. The fourth-order valence-corrected chi connectivity index (χ4v) is 2.01. The smallest absolute Gasteiger partial charge is 0.238 e. The van der Waals surface area contributed by atoms with Crippen molar-refractivity contribution in [3.8, 4) is 0 Å². The summed E-state index contributed by atoms with van der Waals surface area (Å²) in [5, 5.41) is 9.58. The van der Waals surface area contributed by atoms with Gasteiger partial charge in [0.15, 0.2) is 5.96 Å². The van der Waals surface area contributed by atoms with Gasteiger partial charge in [-0.3, -0.25) is 9.79 Å². The van der Waals surface area contributed by atoms with Gasteiger partial charge in [-0.15, -0.1) is 24.0 Å². The number of carbonyl (C=O) groups is 1. The molecule has 1 amide bonds. The molecule has 0 aromatic heterocycles. The minimum absolute atomic E-state index is 0. The van der Waals surface area contributed by atoms with Crippen molar-refractivity contribution in [1.82, 2.24) is 15.5 Å². The minimum atomic E-state index is -0.0201. The minimum Gasteiger partial charge on any atom is -0.354 e.